The number of nitro benzene ring substituents is 1. The van der Waals surface area contributed by atoms with Crippen LogP contribution < -0.4 is 4.72 Å². The fraction of sp³-hybridized carbons (Fsp3) is 0.300. The molecule has 0 spiro atoms. The highest BCUT2D eigenvalue weighted by Gasteiger charge is 2.25. The summed E-state index contributed by atoms with van der Waals surface area (Å²) in [7, 11) is -4.38. The molecule has 1 unspecified atom stereocenters. The number of rotatable bonds is 6. The minimum atomic E-state index is -4.38. The fourth-order valence-electron chi connectivity index (χ4n) is 1.44. The molecule has 0 heterocycles. The SMILES string of the molecule is CC(CC(=O)O)NS(=O)(=O)c1cc([N+](=O)[O-])ccc1F. The summed E-state index contributed by atoms with van der Waals surface area (Å²) in [5.74, 6) is -2.40. The van der Waals surface area contributed by atoms with Crippen molar-refractivity contribution >= 4 is 21.7 Å². The Balaban J connectivity index is 3.12. The van der Waals surface area contributed by atoms with E-state index in [9.17, 15) is 27.7 Å². The summed E-state index contributed by atoms with van der Waals surface area (Å²) in [5.41, 5.74) is -0.585. The van der Waals surface area contributed by atoms with Crippen molar-refractivity contribution in [2.75, 3.05) is 0 Å². The van der Waals surface area contributed by atoms with E-state index < -0.39 is 49.8 Å². The standard InChI is InChI=1S/C10H11FN2O6S/c1-6(4-10(14)15)12-20(18,19)9-5-7(13(16)17)2-3-8(9)11/h2-3,5-6,12H,4H2,1H3,(H,14,15). The molecule has 1 aromatic carbocycles. The van der Waals surface area contributed by atoms with Crippen LogP contribution in [-0.4, -0.2) is 30.5 Å². The number of halogens is 1. The normalized spacial score (nSPS) is 12.9. The second kappa shape index (κ2) is 5.92. The number of carboxylic acid groups (broad SMARTS) is 1. The Kier molecular flexibility index (Phi) is 4.73. The van der Waals surface area contributed by atoms with Crippen LogP contribution in [0.15, 0.2) is 23.1 Å². The maximum Gasteiger partial charge on any atom is 0.304 e. The number of carboxylic acids is 1. The van der Waals surface area contributed by atoms with Crippen LogP contribution in [0.1, 0.15) is 13.3 Å². The molecule has 0 fully saturated rings. The molecule has 110 valence electrons. The highest BCUT2D eigenvalue weighted by atomic mass is 32.2. The van der Waals surface area contributed by atoms with Crippen LogP contribution >= 0.6 is 0 Å². The third kappa shape index (κ3) is 3.96. The van der Waals surface area contributed by atoms with E-state index in [0.717, 1.165) is 6.07 Å². The molecule has 0 aromatic heterocycles. The summed E-state index contributed by atoms with van der Waals surface area (Å²) >= 11 is 0. The monoisotopic (exact) mass is 306 g/mol. The van der Waals surface area contributed by atoms with Gasteiger partial charge in [-0.1, -0.05) is 0 Å². The van der Waals surface area contributed by atoms with Gasteiger partial charge in [-0.05, 0) is 13.0 Å². The zero-order chi connectivity index (χ0) is 15.5. The Morgan fingerprint density at radius 2 is 2.15 bits per heavy atom. The van der Waals surface area contributed by atoms with Crippen LogP contribution in [0.3, 0.4) is 0 Å². The fourth-order valence-corrected chi connectivity index (χ4v) is 2.78. The summed E-state index contributed by atoms with van der Waals surface area (Å²) < 4.78 is 39.1. The lowest BCUT2D eigenvalue weighted by atomic mass is 10.3. The highest BCUT2D eigenvalue weighted by molar-refractivity contribution is 7.89. The Morgan fingerprint density at radius 1 is 1.55 bits per heavy atom. The van der Waals surface area contributed by atoms with Crippen LogP contribution in [0.2, 0.25) is 0 Å². The molecule has 0 aliphatic rings. The Bertz CT molecular complexity index is 645. The molecular weight excluding hydrogens is 295 g/mol. The van der Waals surface area contributed by atoms with Gasteiger partial charge < -0.3 is 5.11 Å². The van der Waals surface area contributed by atoms with Gasteiger partial charge in [0.05, 0.1) is 11.3 Å². The maximum absolute atomic E-state index is 13.5. The zero-order valence-electron chi connectivity index (χ0n) is 10.2. The molecule has 0 aliphatic carbocycles. The molecule has 1 rings (SSSR count). The first-order valence-electron chi connectivity index (χ1n) is 5.31. The zero-order valence-corrected chi connectivity index (χ0v) is 11.1. The number of sulfonamides is 1. The lowest BCUT2D eigenvalue weighted by molar-refractivity contribution is -0.385. The van der Waals surface area contributed by atoms with Crippen molar-refractivity contribution in [3.8, 4) is 0 Å². The molecule has 0 radical (unpaired) electrons. The first kappa shape index (κ1) is 16.0. The number of benzene rings is 1. The molecule has 1 atom stereocenters. The van der Waals surface area contributed by atoms with Crippen molar-refractivity contribution in [2.24, 2.45) is 0 Å². The third-order valence-electron chi connectivity index (χ3n) is 2.25. The molecule has 0 amide bonds. The van der Waals surface area contributed by atoms with Gasteiger partial charge >= 0.3 is 5.97 Å². The summed E-state index contributed by atoms with van der Waals surface area (Å²) in [6.45, 7) is 1.28. The maximum atomic E-state index is 13.5. The topological polar surface area (TPSA) is 127 Å². The van der Waals surface area contributed by atoms with E-state index in [0.29, 0.717) is 12.1 Å². The predicted octanol–water partition coefficient (Wildman–Crippen LogP) is 0.875. The van der Waals surface area contributed by atoms with Gasteiger partial charge in [-0.2, -0.15) is 0 Å². The lowest BCUT2D eigenvalue weighted by Gasteiger charge is -2.12. The summed E-state index contributed by atoms with van der Waals surface area (Å²) in [6, 6.07) is 1.07. The van der Waals surface area contributed by atoms with E-state index in [1.807, 2.05) is 4.72 Å². The number of nitro groups is 1. The molecule has 0 aliphatic heterocycles. The number of non-ortho nitro benzene ring substituents is 1. The number of hydrogen-bond acceptors (Lipinski definition) is 5. The summed E-state index contributed by atoms with van der Waals surface area (Å²) in [4.78, 5) is 19.2. The Hall–Kier alpha value is -2.07. The molecule has 20 heavy (non-hydrogen) atoms. The number of hydrogen-bond donors (Lipinski definition) is 2. The van der Waals surface area contributed by atoms with E-state index in [4.69, 9.17) is 5.11 Å². The summed E-state index contributed by atoms with van der Waals surface area (Å²) in [6.07, 6.45) is -0.504. The smallest absolute Gasteiger partial charge is 0.304 e. The molecule has 10 heteroatoms. The number of aliphatic carboxylic acids is 1. The van der Waals surface area contributed by atoms with Gasteiger partial charge in [0, 0.05) is 18.2 Å². The number of nitrogens with zero attached hydrogens (tertiary/aromatic N) is 1. The second-order valence-corrected chi connectivity index (χ2v) is 5.67. The Morgan fingerprint density at radius 3 is 2.65 bits per heavy atom. The van der Waals surface area contributed by atoms with Crippen LogP contribution in [0.4, 0.5) is 10.1 Å². The molecule has 2 N–H and O–H groups in total. The van der Waals surface area contributed by atoms with E-state index in [2.05, 4.69) is 0 Å². The second-order valence-electron chi connectivity index (χ2n) is 3.99. The Labute approximate surface area is 113 Å². The van der Waals surface area contributed by atoms with E-state index in [-0.39, 0.29) is 0 Å². The van der Waals surface area contributed by atoms with Crippen LogP contribution in [-0.2, 0) is 14.8 Å². The number of carbonyl (C=O) groups is 1. The first-order valence-corrected chi connectivity index (χ1v) is 6.80. The van der Waals surface area contributed by atoms with Gasteiger partial charge in [0.1, 0.15) is 10.7 Å². The average Bonchev–Trinajstić information content (AvgIpc) is 2.26. The minimum Gasteiger partial charge on any atom is -0.481 e. The number of nitrogens with one attached hydrogen (secondary N) is 1. The van der Waals surface area contributed by atoms with E-state index in [1.165, 1.54) is 6.92 Å². The van der Waals surface area contributed by atoms with Crippen LogP contribution in [0, 0.1) is 15.9 Å². The lowest BCUT2D eigenvalue weighted by Crippen LogP contribution is -2.34. The van der Waals surface area contributed by atoms with Gasteiger partial charge in [-0.3, -0.25) is 14.9 Å². The molecule has 0 saturated heterocycles. The van der Waals surface area contributed by atoms with Crippen molar-refractivity contribution in [1.82, 2.24) is 4.72 Å². The van der Waals surface area contributed by atoms with Gasteiger partial charge in [-0.15, -0.1) is 0 Å². The van der Waals surface area contributed by atoms with Crippen LogP contribution in [0.25, 0.3) is 0 Å². The van der Waals surface area contributed by atoms with E-state index >= 15 is 0 Å². The van der Waals surface area contributed by atoms with Crippen molar-refractivity contribution in [3.05, 3.63) is 34.1 Å². The highest BCUT2D eigenvalue weighted by Crippen LogP contribution is 2.21. The van der Waals surface area contributed by atoms with E-state index in [1.54, 1.807) is 0 Å². The molecule has 8 nitrogen and oxygen atoms in total. The quantitative estimate of drug-likeness (QED) is 0.593. The average molecular weight is 306 g/mol. The summed E-state index contributed by atoms with van der Waals surface area (Å²) in [5, 5.41) is 19.1. The first-order chi connectivity index (χ1) is 9.13. The van der Waals surface area contributed by atoms with Gasteiger partial charge in [0.2, 0.25) is 10.0 Å². The van der Waals surface area contributed by atoms with Gasteiger partial charge in [-0.25, -0.2) is 17.5 Å². The largest absolute Gasteiger partial charge is 0.481 e. The molecule has 1 aromatic rings. The predicted molar refractivity (Wildman–Crippen MR) is 65.1 cm³/mol. The van der Waals surface area contributed by atoms with Gasteiger partial charge in [0.25, 0.3) is 5.69 Å². The van der Waals surface area contributed by atoms with Crippen molar-refractivity contribution < 1.29 is 27.6 Å². The third-order valence-corrected chi connectivity index (χ3v) is 3.86. The molecule has 0 saturated carbocycles. The van der Waals surface area contributed by atoms with Crippen molar-refractivity contribution in [1.29, 1.82) is 0 Å². The van der Waals surface area contributed by atoms with Crippen molar-refractivity contribution in [3.63, 3.8) is 0 Å². The minimum absolute atomic E-state index is 0.504. The molecular formula is C10H11FN2O6S. The van der Waals surface area contributed by atoms with Crippen LogP contribution in [0.5, 0.6) is 0 Å². The molecule has 0 bridgehead atoms. The van der Waals surface area contributed by atoms with Crippen molar-refractivity contribution in [2.45, 2.75) is 24.3 Å². The van der Waals surface area contributed by atoms with Gasteiger partial charge in [0.15, 0.2) is 0 Å².